The van der Waals surface area contributed by atoms with E-state index >= 15 is 0 Å². The molecule has 1 atom stereocenters. The van der Waals surface area contributed by atoms with E-state index in [-0.39, 0.29) is 10.8 Å². The minimum absolute atomic E-state index is 0.179. The molecule has 7 heteroatoms. The molecule has 0 fully saturated rings. The lowest BCUT2D eigenvalue weighted by molar-refractivity contribution is 0.0951. The Bertz CT molecular complexity index is 1190. The standard InChI is InChI=1S/C24H25N3O3S/c1-16(2)18-9-7-17(8-10-18)15-25-24(28)20-13-11-19(12-14-20)23-26-21-5-3-4-6-22(21)31(29,30)27-23/h3-14,16,23,26-27H,15H2,1-2H3,(H,25,28)/t23-/m1/s1. The molecule has 1 aliphatic rings. The Morgan fingerprint density at radius 2 is 1.65 bits per heavy atom. The van der Waals surface area contributed by atoms with Crippen LogP contribution in [0.3, 0.4) is 0 Å². The number of anilines is 1. The Kier molecular flexibility index (Phi) is 5.80. The fourth-order valence-electron chi connectivity index (χ4n) is 3.51. The molecule has 0 aromatic heterocycles. The summed E-state index contributed by atoms with van der Waals surface area (Å²) in [5.74, 6) is 0.292. The molecule has 1 heterocycles. The van der Waals surface area contributed by atoms with Crippen molar-refractivity contribution in [2.45, 2.75) is 37.4 Å². The van der Waals surface area contributed by atoms with E-state index in [2.05, 4.69) is 41.3 Å². The van der Waals surface area contributed by atoms with E-state index in [0.29, 0.717) is 23.7 Å². The molecule has 0 spiro atoms. The highest BCUT2D eigenvalue weighted by Gasteiger charge is 2.29. The lowest BCUT2D eigenvalue weighted by Gasteiger charge is -2.28. The lowest BCUT2D eigenvalue weighted by atomic mass is 10.0. The molecule has 0 bridgehead atoms. The van der Waals surface area contributed by atoms with Crippen LogP contribution in [0.1, 0.15) is 53.0 Å². The Labute approximate surface area is 182 Å². The van der Waals surface area contributed by atoms with Gasteiger partial charge in [-0.25, -0.2) is 8.42 Å². The van der Waals surface area contributed by atoms with Crippen molar-refractivity contribution in [3.63, 3.8) is 0 Å². The van der Waals surface area contributed by atoms with Crippen molar-refractivity contribution in [2.75, 3.05) is 5.32 Å². The maximum atomic E-state index is 12.5. The maximum absolute atomic E-state index is 12.5. The first kappa shape index (κ1) is 21.1. The summed E-state index contributed by atoms with van der Waals surface area (Å²) < 4.78 is 27.6. The lowest BCUT2D eigenvalue weighted by Crippen LogP contribution is -2.38. The van der Waals surface area contributed by atoms with Crippen molar-refractivity contribution < 1.29 is 13.2 Å². The first-order chi connectivity index (χ1) is 14.8. The molecule has 3 aromatic rings. The molecule has 4 rings (SSSR count). The molecule has 3 N–H and O–H groups in total. The molecule has 3 aromatic carbocycles. The van der Waals surface area contributed by atoms with Gasteiger partial charge in [0.2, 0.25) is 10.0 Å². The third kappa shape index (κ3) is 4.62. The fourth-order valence-corrected chi connectivity index (χ4v) is 4.81. The van der Waals surface area contributed by atoms with Crippen molar-refractivity contribution >= 4 is 21.6 Å². The number of sulfonamides is 1. The molecular formula is C24H25N3O3S. The number of amides is 1. The fraction of sp³-hybridized carbons (Fsp3) is 0.208. The summed E-state index contributed by atoms with van der Waals surface area (Å²) in [6.07, 6.45) is -0.600. The highest BCUT2D eigenvalue weighted by molar-refractivity contribution is 7.89. The van der Waals surface area contributed by atoms with Crippen LogP contribution in [0.5, 0.6) is 0 Å². The third-order valence-electron chi connectivity index (χ3n) is 5.36. The second-order valence-electron chi connectivity index (χ2n) is 7.90. The van der Waals surface area contributed by atoms with Gasteiger partial charge in [-0.15, -0.1) is 0 Å². The van der Waals surface area contributed by atoms with E-state index < -0.39 is 16.2 Å². The van der Waals surface area contributed by atoms with E-state index in [9.17, 15) is 13.2 Å². The number of carbonyl (C=O) groups excluding carboxylic acids is 1. The first-order valence-electron chi connectivity index (χ1n) is 10.2. The largest absolute Gasteiger partial charge is 0.364 e. The van der Waals surface area contributed by atoms with Gasteiger partial charge in [0.1, 0.15) is 11.1 Å². The van der Waals surface area contributed by atoms with Crippen LogP contribution in [-0.2, 0) is 16.6 Å². The van der Waals surface area contributed by atoms with Gasteiger partial charge in [0.25, 0.3) is 5.91 Å². The van der Waals surface area contributed by atoms with Crippen LogP contribution in [0.4, 0.5) is 5.69 Å². The molecule has 0 saturated carbocycles. The predicted octanol–water partition coefficient (Wildman–Crippen LogP) is 4.14. The van der Waals surface area contributed by atoms with Crippen LogP contribution in [-0.4, -0.2) is 14.3 Å². The predicted molar refractivity (Wildman–Crippen MR) is 121 cm³/mol. The summed E-state index contributed by atoms with van der Waals surface area (Å²) in [5.41, 5.74) is 4.09. The average Bonchev–Trinajstić information content (AvgIpc) is 2.77. The summed E-state index contributed by atoms with van der Waals surface area (Å²) in [6.45, 7) is 4.74. The molecule has 0 aliphatic carbocycles. The van der Waals surface area contributed by atoms with Gasteiger partial charge >= 0.3 is 0 Å². The number of carbonyl (C=O) groups is 1. The monoisotopic (exact) mass is 435 g/mol. The first-order valence-corrected chi connectivity index (χ1v) is 11.7. The zero-order valence-electron chi connectivity index (χ0n) is 17.4. The van der Waals surface area contributed by atoms with Crippen LogP contribution in [0, 0.1) is 0 Å². The van der Waals surface area contributed by atoms with Crippen LogP contribution in [0.2, 0.25) is 0 Å². The summed E-state index contributed by atoms with van der Waals surface area (Å²) in [6, 6.07) is 21.9. The Balaban J connectivity index is 1.42. The Morgan fingerprint density at radius 3 is 2.32 bits per heavy atom. The summed E-state index contributed by atoms with van der Waals surface area (Å²) in [5, 5.41) is 6.11. The summed E-state index contributed by atoms with van der Waals surface area (Å²) >= 11 is 0. The molecule has 0 saturated heterocycles. The van der Waals surface area contributed by atoms with E-state index in [4.69, 9.17) is 0 Å². The highest BCUT2D eigenvalue weighted by Crippen LogP contribution is 2.30. The summed E-state index contributed by atoms with van der Waals surface area (Å²) in [4.78, 5) is 12.7. The minimum atomic E-state index is -3.61. The van der Waals surface area contributed by atoms with Gasteiger partial charge in [0.05, 0.1) is 5.69 Å². The molecule has 31 heavy (non-hydrogen) atoms. The van der Waals surface area contributed by atoms with Gasteiger partial charge in [0.15, 0.2) is 0 Å². The molecule has 160 valence electrons. The number of nitrogens with one attached hydrogen (secondary N) is 3. The molecular weight excluding hydrogens is 410 g/mol. The normalized spacial score (nSPS) is 16.9. The van der Waals surface area contributed by atoms with E-state index in [1.807, 2.05) is 12.1 Å². The van der Waals surface area contributed by atoms with Crippen molar-refractivity contribution in [3.05, 3.63) is 95.1 Å². The van der Waals surface area contributed by atoms with Crippen LogP contribution >= 0.6 is 0 Å². The topological polar surface area (TPSA) is 87.3 Å². The Morgan fingerprint density at radius 1 is 0.968 bits per heavy atom. The van der Waals surface area contributed by atoms with Gasteiger partial charge < -0.3 is 10.6 Å². The van der Waals surface area contributed by atoms with Gasteiger partial charge in [-0.2, -0.15) is 4.72 Å². The van der Waals surface area contributed by atoms with Gasteiger partial charge in [0, 0.05) is 12.1 Å². The van der Waals surface area contributed by atoms with Crippen molar-refractivity contribution in [3.8, 4) is 0 Å². The Hall–Kier alpha value is -3.16. The van der Waals surface area contributed by atoms with Crippen molar-refractivity contribution in [1.82, 2.24) is 10.0 Å². The smallest absolute Gasteiger partial charge is 0.251 e. The van der Waals surface area contributed by atoms with Crippen LogP contribution in [0.25, 0.3) is 0 Å². The molecule has 0 radical (unpaired) electrons. The second-order valence-corrected chi connectivity index (χ2v) is 9.58. The third-order valence-corrected chi connectivity index (χ3v) is 6.84. The SMILES string of the molecule is CC(C)c1ccc(CNC(=O)c2ccc([C@@H]3Nc4ccccc4S(=O)(=O)N3)cc2)cc1. The van der Waals surface area contributed by atoms with E-state index in [0.717, 1.165) is 11.1 Å². The molecule has 6 nitrogen and oxygen atoms in total. The quantitative estimate of drug-likeness (QED) is 0.562. The number of fused-ring (bicyclic) bond motifs is 1. The van der Waals surface area contributed by atoms with Crippen molar-refractivity contribution in [1.29, 1.82) is 0 Å². The zero-order valence-corrected chi connectivity index (χ0v) is 18.2. The minimum Gasteiger partial charge on any atom is -0.364 e. The molecule has 0 unspecified atom stereocenters. The molecule has 1 amide bonds. The molecule has 1 aliphatic heterocycles. The number of para-hydroxylation sites is 1. The van der Waals surface area contributed by atoms with E-state index in [1.165, 1.54) is 5.56 Å². The number of rotatable bonds is 5. The van der Waals surface area contributed by atoms with Crippen molar-refractivity contribution in [2.24, 2.45) is 0 Å². The zero-order chi connectivity index (χ0) is 22.0. The maximum Gasteiger partial charge on any atom is 0.251 e. The highest BCUT2D eigenvalue weighted by atomic mass is 32.2. The van der Waals surface area contributed by atoms with Crippen LogP contribution < -0.4 is 15.4 Å². The number of hydrogen-bond donors (Lipinski definition) is 3. The van der Waals surface area contributed by atoms with Gasteiger partial charge in [-0.1, -0.05) is 62.4 Å². The summed E-state index contributed by atoms with van der Waals surface area (Å²) in [7, 11) is -3.61. The van der Waals surface area contributed by atoms with Crippen LogP contribution in [0.15, 0.2) is 77.7 Å². The average molecular weight is 436 g/mol. The number of benzene rings is 3. The van der Waals surface area contributed by atoms with E-state index in [1.54, 1.807) is 48.5 Å². The number of hydrogen-bond acceptors (Lipinski definition) is 4. The second kappa shape index (κ2) is 8.53. The van der Waals surface area contributed by atoms with Gasteiger partial charge in [-0.3, -0.25) is 4.79 Å². The van der Waals surface area contributed by atoms with Gasteiger partial charge in [-0.05, 0) is 46.9 Å².